The smallest absolute Gasteiger partial charge is 0.192 e. The molecule has 0 aromatic carbocycles. The zero-order chi connectivity index (χ0) is 11.5. The molecular weight excluding hydrogens is 210 g/mol. The van der Waals surface area contributed by atoms with Gasteiger partial charge in [-0.05, 0) is 36.5 Å². The van der Waals surface area contributed by atoms with Gasteiger partial charge in [0, 0.05) is 12.5 Å². The monoisotopic (exact) mass is 227 g/mol. The quantitative estimate of drug-likeness (QED) is 0.793. The molecule has 0 aliphatic rings. The summed E-state index contributed by atoms with van der Waals surface area (Å²) >= 11 is 0. The Labute approximate surface area is 91.5 Å². The summed E-state index contributed by atoms with van der Waals surface area (Å²) in [5, 5.41) is 0.173. The molecule has 0 saturated heterocycles. The van der Waals surface area contributed by atoms with Gasteiger partial charge in [-0.2, -0.15) is 0 Å². The van der Waals surface area contributed by atoms with Crippen LogP contribution in [0, 0.1) is 0 Å². The second-order valence-corrected chi connectivity index (χ2v) is 5.68. The molecule has 0 aliphatic carbocycles. The number of hydrogen-bond acceptors (Lipinski definition) is 3. The van der Waals surface area contributed by atoms with Crippen LogP contribution < -0.4 is 0 Å². The summed E-state index contributed by atoms with van der Waals surface area (Å²) < 4.78 is 22.6. The Morgan fingerprint density at radius 1 is 1.33 bits per heavy atom. The highest BCUT2D eigenvalue weighted by Crippen LogP contribution is 2.23. The van der Waals surface area contributed by atoms with Gasteiger partial charge in [-0.25, -0.2) is 13.4 Å². The Morgan fingerprint density at radius 3 is 2.40 bits per heavy atom. The van der Waals surface area contributed by atoms with E-state index in [9.17, 15) is 8.42 Å². The minimum Gasteiger partial charge on any atom is -0.245 e. The summed E-state index contributed by atoms with van der Waals surface area (Å²) in [5.41, 5.74) is 1.07. The van der Waals surface area contributed by atoms with Gasteiger partial charge in [0.1, 0.15) is 0 Å². The van der Waals surface area contributed by atoms with E-state index >= 15 is 0 Å². The summed E-state index contributed by atoms with van der Waals surface area (Å²) in [4.78, 5) is 3.87. The van der Waals surface area contributed by atoms with Crippen LogP contribution >= 0.6 is 0 Å². The van der Waals surface area contributed by atoms with Crippen molar-refractivity contribution in [2.75, 3.05) is 6.26 Å². The predicted octanol–water partition coefficient (Wildman–Crippen LogP) is 2.39. The molecule has 0 fully saturated rings. The van der Waals surface area contributed by atoms with E-state index in [1.54, 1.807) is 12.3 Å². The first-order chi connectivity index (χ1) is 6.99. The van der Waals surface area contributed by atoms with E-state index in [4.69, 9.17) is 0 Å². The van der Waals surface area contributed by atoms with Crippen molar-refractivity contribution in [1.82, 2.24) is 4.98 Å². The second kappa shape index (κ2) is 4.75. The zero-order valence-electron chi connectivity index (χ0n) is 9.40. The molecule has 1 aromatic rings. The maximum Gasteiger partial charge on any atom is 0.192 e. The largest absolute Gasteiger partial charge is 0.245 e. The van der Waals surface area contributed by atoms with E-state index < -0.39 is 9.84 Å². The van der Waals surface area contributed by atoms with Gasteiger partial charge < -0.3 is 0 Å². The van der Waals surface area contributed by atoms with Crippen molar-refractivity contribution in [3.05, 3.63) is 23.9 Å². The van der Waals surface area contributed by atoms with Crippen molar-refractivity contribution in [2.45, 2.75) is 37.6 Å². The van der Waals surface area contributed by atoms with Gasteiger partial charge in [-0.15, -0.1) is 0 Å². The molecule has 0 spiro atoms. The zero-order valence-corrected chi connectivity index (χ0v) is 10.2. The van der Waals surface area contributed by atoms with Gasteiger partial charge in [0.05, 0.1) is 0 Å². The molecule has 4 heteroatoms. The number of nitrogens with zero attached hydrogens (tertiary/aromatic N) is 1. The molecule has 0 saturated carbocycles. The Morgan fingerprint density at radius 2 is 1.93 bits per heavy atom. The lowest BCUT2D eigenvalue weighted by Crippen LogP contribution is -2.03. The Hall–Kier alpha value is -0.900. The first-order valence-corrected chi connectivity index (χ1v) is 7.04. The minimum atomic E-state index is -3.19. The molecule has 0 bridgehead atoms. The van der Waals surface area contributed by atoms with E-state index in [-0.39, 0.29) is 5.03 Å². The second-order valence-electron chi connectivity index (χ2n) is 3.71. The van der Waals surface area contributed by atoms with E-state index in [0.717, 1.165) is 18.4 Å². The number of hydrogen-bond donors (Lipinski definition) is 0. The Kier molecular flexibility index (Phi) is 3.85. The summed E-state index contributed by atoms with van der Waals surface area (Å²) in [6.45, 7) is 4.21. The fraction of sp³-hybridized carbons (Fsp3) is 0.545. The maximum absolute atomic E-state index is 11.3. The molecule has 1 rings (SSSR count). The first kappa shape index (κ1) is 12.2. The van der Waals surface area contributed by atoms with Crippen LogP contribution in [0.2, 0.25) is 0 Å². The standard InChI is InChI=1S/C11H17NO2S/c1-4-9(5-2)10-6-7-12-11(8-10)15(3,13)14/h6-9H,4-5H2,1-3H3. The van der Waals surface area contributed by atoms with Crippen molar-refractivity contribution in [3.63, 3.8) is 0 Å². The van der Waals surface area contributed by atoms with Gasteiger partial charge in [-0.3, -0.25) is 0 Å². The van der Waals surface area contributed by atoms with Crippen molar-refractivity contribution in [1.29, 1.82) is 0 Å². The van der Waals surface area contributed by atoms with Crippen molar-refractivity contribution in [2.24, 2.45) is 0 Å². The Bertz CT molecular complexity index is 422. The molecule has 0 unspecified atom stereocenters. The van der Waals surface area contributed by atoms with Crippen LogP contribution in [-0.4, -0.2) is 19.7 Å². The fourth-order valence-electron chi connectivity index (χ4n) is 1.64. The van der Waals surface area contributed by atoms with Crippen LogP contribution in [0.15, 0.2) is 23.4 Å². The van der Waals surface area contributed by atoms with Gasteiger partial charge in [0.15, 0.2) is 14.9 Å². The SMILES string of the molecule is CCC(CC)c1ccnc(S(C)(=O)=O)c1. The average Bonchev–Trinajstić information content (AvgIpc) is 2.19. The van der Waals surface area contributed by atoms with E-state index in [0.29, 0.717) is 5.92 Å². The summed E-state index contributed by atoms with van der Waals surface area (Å²) in [5.74, 6) is 0.425. The molecule has 0 radical (unpaired) electrons. The van der Waals surface area contributed by atoms with Crippen LogP contribution in [0.3, 0.4) is 0 Å². The van der Waals surface area contributed by atoms with Crippen LogP contribution in [0.4, 0.5) is 0 Å². The van der Waals surface area contributed by atoms with Gasteiger partial charge >= 0.3 is 0 Å². The first-order valence-electron chi connectivity index (χ1n) is 5.15. The number of aromatic nitrogens is 1. The normalized spacial score (nSPS) is 12.0. The number of rotatable bonds is 4. The fourth-order valence-corrected chi connectivity index (χ4v) is 2.24. The number of pyridine rings is 1. The van der Waals surface area contributed by atoms with Crippen molar-refractivity contribution < 1.29 is 8.42 Å². The third-order valence-electron chi connectivity index (χ3n) is 2.60. The lowest BCUT2D eigenvalue weighted by atomic mass is 9.95. The van der Waals surface area contributed by atoms with E-state index in [1.165, 1.54) is 6.26 Å². The van der Waals surface area contributed by atoms with E-state index in [2.05, 4.69) is 18.8 Å². The molecule has 0 amide bonds. The molecule has 1 heterocycles. The molecule has 0 aliphatic heterocycles. The molecule has 84 valence electrons. The van der Waals surface area contributed by atoms with Crippen molar-refractivity contribution >= 4 is 9.84 Å². The average molecular weight is 227 g/mol. The highest BCUT2D eigenvalue weighted by molar-refractivity contribution is 7.90. The van der Waals surface area contributed by atoms with Gasteiger partial charge in [-0.1, -0.05) is 13.8 Å². The highest BCUT2D eigenvalue weighted by atomic mass is 32.2. The minimum absolute atomic E-state index is 0.173. The van der Waals surface area contributed by atoms with Gasteiger partial charge in [0.25, 0.3) is 0 Å². The molecule has 3 nitrogen and oxygen atoms in total. The third kappa shape index (κ3) is 3.02. The third-order valence-corrected chi connectivity index (χ3v) is 3.58. The topological polar surface area (TPSA) is 47.0 Å². The van der Waals surface area contributed by atoms with Crippen LogP contribution in [0.5, 0.6) is 0 Å². The van der Waals surface area contributed by atoms with Crippen molar-refractivity contribution in [3.8, 4) is 0 Å². The van der Waals surface area contributed by atoms with E-state index in [1.807, 2.05) is 6.07 Å². The molecular formula is C11H17NO2S. The van der Waals surface area contributed by atoms with Crippen LogP contribution in [0.25, 0.3) is 0 Å². The van der Waals surface area contributed by atoms with Crippen LogP contribution in [-0.2, 0) is 9.84 Å². The summed E-state index contributed by atoms with van der Waals surface area (Å²) in [6, 6.07) is 3.58. The molecule has 15 heavy (non-hydrogen) atoms. The molecule has 1 aromatic heterocycles. The molecule has 0 N–H and O–H groups in total. The summed E-state index contributed by atoms with van der Waals surface area (Å²) in [6.07, 6.45) is 4.80. The molecule has 0 atom stereocenters. The predicted molar refractivity (Wildman–Crippen MR) is 60.7 cm³/mol. The van der Waals surface area contributed by atoms with Crippen LogP contribution in [0.1, 0.15) is 38.2 Å². The highest BCUT2D eigenvalue weighted by Gasteiger charge is 2.12. The number of sulfone groups is 1. The lowest BCUT2D eigenvalue weighted by molar-refractivity contribution is 0.596. The Balaban J connectivity index is 3.13. The maximum atomic E-state index is 11.3. The summed E-state index contributed by atoms with van der Waals surface area (Å²) in [7, 11) is -3.19. The lowest BCUT2D eigenvalue weighted by Gasteiger charge is -2.12. The van der Waals surface area contributed by atoms with Gasteiger partial charge in [0.2, 0.25) is 0 Å².